The molecule has 0 saturated carbocycles. The van der Waals surface area contributed by atoms with Crippen LogP contribution in [0.3, 0.4) is 0 Å². The Morgan fingerprint density at radius 3 is 2.43 bits per heavy atom. The van der Waals surface area contributed by atoms with Crippen molar-refractivity contribution in [2.24, 2.45) is 0 Å². The van der Waals surface area contributed by atoms with Crippen LogP contribution in [0.4, 0.5) is 5.69 Å². The molecule has 0 unspecified atom stereocenters. The Morgan fingerprint density at radius 2 is 1.78 bits per heavy atom. The summed E-state index contributed by atoms with van der Waals surface area (Å²) >= 11 is 0. The van der Waals surface area contributed by atoms with E-state index in [0.717, 1.165) is 17.3 Å². The van der Waals surface area contributed by atoms with Crippen LogP contribution in [0.5, 0.6) is 0 Å². The first-order valence-electron chi connectivity index (χ1n) is 6.81. The first-order chi connectivity index (χ1) is 11.2. The smallest absolute Gasteiger partial charge is 0.354 e. The molecule has 1 heterocycles. The number of hydrogen-bond acceptors (Lipinski definition) is 6. The first kappa shape index (κ1) is 16.2. The molecule has 23 heavy (non-hydrogen) atoms. The van der Waals surface area contributed by atoms with Gasteiger partial charge in [-0.1, -0.05) is 24.3 Å². The van der Waals surface area contributed by atoms with Crippen LogP contribution in [0.15, 0.2) is 60.4 Å². The lowest BCUT2D eigenvalue weighted by atomic mass is 10.1. The summed E-state index contributed by atoms with van der Waals surface area (Å²) in [5.41, 5.74) is 2.11. The van der Waals surface area contributed by atoms with E-state index in [4.69, 9.17) is 0 Å². The summed E-state index contributed by atoms with van der Waals surface area (Å²) in [4.78, 5) is 27.6. The number of pyridine rings is 1. The fourth-order valence-corrected chi connectivity index (χ4v) is 1.92. The van der Waals surface area contributed by atoms with Crippen LogP contribution in [0.2, 0.25) is 0 Å². The Hall–Kier alpha value is -3.15. The minimum Gasteiger partial charge on any atom is -0.466 e. The highest BCUT2D eigenvalue weighted by Gasteiger charge is 2.15. The van der Waals surface area contributed by atoms with Crippen molar-refractivity contribution in [3.8, 4) is 11.3 Å². The summed E-state index contributed by atoms with van der Waals surface area (Å²) in [5.74, 6) is -1.33. The Labute approximate surface area is 133 Å². The molecule has 0 amide bonds. The van der Waals surface area contributed by atoms with Gasteiger partial charge in [-0.3, -0.25) is 4.98 Å². The van der Waals surface area contributed by atoms with Crippen molar-refractivity contribution >= 4 is 17.6 Å². The van der Waals surface area contributed by atoms with Gasteiger partial charge >= 0.3 is 11.9 Å². The molecule has 0 atom stereocenters. The molecule has 6 nitrogen and oxygen atoms in total. The van der Waals surface area contributed by atoms with Gasteiger partial charge in [0.05, 0.1) is 26.0 Å². The van der Waals surface area contributed by atoms with Crippen molar-refractivity contribution < 1.29 is 19.1 Å². The first-order valence-corrected chi connectivity index (χ1v) is 6.81. The van der Waals surface area contributed by atoms with Crippen molar-refractivity contribution in [3.63, 3.8) is 0 Å². The van der Waals surface area contributed by atoms with Crippen LogP contribution < -0.4 is 5.32 Å². The average Bonchev–Trinajstić information content (AvgIpc) is 2.61. The van der Waals surface area contributed by atoms with Crippen LogP contribution in [-0.4, -0.2) is 31.1 Å². The predicted molar refractivity (Wildman–Crippen MR) is 85.4 cm³/mol. The summed E-state index contributed by atoms with van der Waals surface area (Å²) in [7, 11) is 2.47. The topological polar surface area (TPSA) is 77.5 Å². The standard InChI is InChI=1S/C17H16N2O4/c1-22-16(20)11-15(17(21)23-2)19-14-9-4-3-7-12(14)13-8-5-6-10-18-13/h3-11,19H,1-2H3/b15-11+. The second kappa shape index (κ2) is 7.74. The molecule has 6 heteroatoms. The van der Waals surface area contributed by atoms with Gasteiger partial charge < -0.3 is 14.8 Å². The van der Waals surface area contributed by atoms with Crippen LogP contribution >= 0.6 is 0 Å². The van der Waals surface area contributed by atoms with Crippen LogP contribution in [0.25, 0.3) is 11.3 Å². The number of nitrogens with zero attached hydrogens (tertiary/aromatic N) is 1. The predicted octanol–water partition coefficient (Wildman–Crippen LogP) is 2.39. The van der Waals surface area contributed by atoms with Gasteiger partial charge in [0.25, 0.3) is 0 Å². The Morgan fingerprint density at radius 1 is 1.04 bits per heavy atom. The number of nitrogens with one attached hydrogen (secondary N) is 1. The summed E-state index contributed by atoms with van der Waals surface area (Å²) in [5, 5.41) is 2.91. The molecular weight excluding hydrogens is 296 g/mol. The Balaban J connectivity index is 2.40. The minimum atomic E-state index is -0.675. The van der Waals surface area contributed by atoms with Gasteiger partial charge in [0, 0.05) is 17.4 Å². The number of ether oxygens (including phenoxy) is 2. The highest BCUT2D eigenvalue weighted by Crippen LogP contribution is 2.27. The second-order valence-corrected chi connectivity index (χ2v) is 4.46. The van der Waals surface area contributed by atoms with Gasteiger partial charge in [-0.05, 0) is 18.2 Å². The molecular formula is C17H16N2O4. The number of anilines is 1. The van der Waals surface area contributed by atoms with E-state index in [1.54, 1.807) is 12.3 Å². The summed E-state index contributed by atoms with van der Waals surface area (Å²) in [6, 6.07) is 12.8. The Bertz CT molecular complexity index is 726. The summed E-state index contributed by atoms with van der Waals surface area (Å²) in [6.07, 6.45) is 2.72. The van der Waals surface area contributed by atoms with Gasteiger partial charge in [0.2, 0.25) is 0 Å². The lowest BCUT2D eigenvalue weighted by Crippen LogP contribution is -2.16. The highest BCUT2D eigenvalue weighted by atomic mass is 16.5. The zero-order valence-electron chi connectivity index (χ0n) is 12.8. The second-order valence-electron chi connectivity index (χ2n) is 4.46. The zero-order valence-corrected chi connectivity index (χ0v) is 12.8. The van der Waals surface area contributed by atoms with Crippen LogP contribution in [0.1, 0.15) is 0 Å². The van der Waals surface area contributed by atoms with E-state index in [1.807, 2.05) is 36.4 Å². The lowest BCUT2D eigenvalue weighted by Gasteiger charge is -2.13. The van der Waals surface area contributed by atoms with E-state index in [1.165, 1.54) is 14.2 Å². The van der Waals surface area contributed by atoms with E-state index in [0.29, 0.717) is 5.69 Å². The molecule has 0 fully saturated rings. The van der Waals surface area contributed by atoms with E-state index in [-0.39, 0.29) is 5.70 Å². The number of para-hydroxylation sites is 1. The number of esters is 2. The lowest BCUT2D eigenvalue weighted by molar-refractivity contribution is -0.138. The Kier molecular flexibility index (Phi) is 5.46. The molecule has 1 aromatic carbocycles. The third-order valence-corrected chi connectivity index (χ3v) is 3.01. The molecule has 118 valence electrons. The normalized spacial score (nSPS) is 10.8. The maximum absolute atomic E-state index is 11.8. The van der Waals surface area contributed by atoms with Crippen LogP contribution in [0, 0.1) is 0 Å². The third-order valence-electron chi connectivity index (χ3n) is 3.01. The quantitative estimate of drug-likeness (QED) is 0.675. The number of rotatable bonds is 5. The summed E-state index contributed by atoms with van der Waals surface area (Å²) < 4.78 is 9.23. The highest BCUT2D eigenvalue weighted by molar-refractivity contribution is 5.99. The molecule has 0 aliphatic heterocycles. The summed E-state index contributed by atoms with van der Waals surface area (Å²) in [6.45, 7) is 0. The maximum Gasteiger partial charge on any atom is 0.354 e. The monoisotopic (exact) mass is 312 g/mol. The number of carbonyl (C=O) groups is 2. The fraction of sp³-hybridized carbons (Fsp3) is 0.118. The van der Waals surface area contributed by atoms with Gasteiger partial charge in [0.1, 0.15) is 5.70 Å². The molecule has 0 aliphatic rings. The molecule has 0 bridgehead atoms. The van der Waals surface area contributed by atoms with E-state index in [9.17, 15) is 9.59 Å². The van der Waals surface area contributed by atoms with E-state index in [2.05, 4.69) is 19.8 Å². The van der Waals surface area contributed by atoms with E-state index >= 15 is 0 Å². The molecule has 0 saturated heterocycles. The van der Waals surface area contributed by atoms with Gasteiger partial charge in [-0.25, -0.2) is 9.59 Å². The van der Waals surface area contributed by atoms with Gasteiger partial charge in [-0.2, -0.15) is 0 Å². The number of methoxy groups -OCH3 is 2. The maximum atomic E-state index is 11.8. The molecule has 1 N–H and O–H groups in total. The van der Waals surface area contributed by atoms with E-state index < -0.39 is 11.9 Å². The molecule has 0 spiro atoms. The van der Waals surface area contributed by atoms with Crippen molar-refractivity contribution in [2.75, 3.05) is 19.5 Å². The SMILES string of the molecule is COC(=O)/C=C(/Nc1ccccc1-c1ccccn1)C(=O)OC. The average molecular weight is 312 g/mol. The van der Waals surface area contributed by atoms with Crippen LogP contribution in [-0.2, 0) is 19.1 Å². The largest absolute Gasteiger partial charge is 0.466 e. The molecule has 0 aliphatic carbocycles. The van der Waals surface area contributed by atoms with Crippen molar-refractivity contribution in [2.45, 2.75) is 0 Å². The number of aromatic nitrogens is 1. The van der Waals surface area contributed by atoms with Crippen molar-refractivity contribution in [1.82, 2.24) is 4.98 Å². The third kappa shape index (κ3) is 4.16. The zero-order chi connectivity index (χ0) is 16.7. The van der Waals surface area contributed by atoms with Crippen molar-refractivity contribution in [3.05, 3.63) is 60.4 Å². The number of carbonyl (C=O) groups excluding carboxylic acids is 2. The molecule has 2 rings (SSSR count). The fourth-order valence-electron chi connectivity index (χ4n) is 1.92. The van der Waals surface area contributed by atoms with Crippen molar-refractivity contribution in [1.29, 1.82) is 0 Å². The van der Waals surface area contributed by atoms with Gasteiger partial charge in [0.15, 0.2) is 0 Å². The minimum absolute atomic E-state index is 0.0252. The molecule has 2 aromatic rings. The molecule has 0 radical (unpaired) electrons. The number of benzene rings is 1. The molecule has 1 aromatic heterocycles. The number of hydrogen-bond donors (Lipinski definition) is 1. The van der Waals surface area contributed by atoms with Gasteiger partial charge in [-0.15, -0.1) is 0 Å².